The molecule has 0 bridgehead atoms. The number of rotatable bonds is 21. The summed E-state index contributed by atoms with van der Waals surface area (Å²) in [5.74, 6) is -2.98. The predicted octanol–water partition coefficient (Wildman–Crippen LogP) is 8.01. The van der Waals surface area contributed by atoms with Crippen LogP contribution in [0.15, 0.2) is 0 Å². The van der Waals surface area contributed by atoms with Gasteiger partial charge in [-0.3, -0.25) is 28.8 Å². The molecule has 3 rings (SSSR count). The standard InChI is InChI=1S/C16H29NO3.C14H25NO3.C12H21NO3/c1-2-3-4-5-6-7-8-11-15(18)17-12-9-10-14(13-17)16(19)20;1-2-3-4-5-6-9-13(16)15-10-7-8-12(11-15)14(17)18;1-2-3-4-7-11(14)13-8-5-6-10(9-13)12(15)16/h14H,2-13H2,1H3,(H,19,20);12H,2-11H2,1H3,(H,17,18);10H,2-9H2,1H3,(H,15,16). The van der Waals surface area contributed by atoms with Crippen LogP contribution >= 0.6 is 0 Å². The van der Waals surface area contributed by atoms with E-state index in [0.717, 1.165) is 83.8 Å². The van der Waals surface area contributed by atoms with Gasteiger partial charge < -0.3 is 30.0 Å². The lowest BCUT2D eigenvalue weighted by Crippen LogP contribution is -2.42. The third-order valence-corrected chi connectivity index (χ3v) is 10.9. The van der Waals surface area contributed by atoms with Crippen LogP contribution in [0.4, 0.5) is 0 Å². The number of piperidine rings is 3. The van der Waals surface area contributed by atoms with Gasteiger partial charge in [-0.05, 0) is 57.8 Å². The minimum atomic E-state index is -0.772. The fourth-order valence-electron chi connectivity index (χ4n) is 7.33. The summed E-state index contributed by atoms with van der Waals surface area (Å²) in [6.07, 6.45) is 23.5. The van der Waals surface area contributed by atoms with E-state index in [0.29, 0.717) is 58.2 Å². The Labute approximate surface area is 325 Å². The minimum Gasteiger partial charge on any atom is -0.481 e. The van der Waals surface area contributed by atoms with Crippen LogP contribution in [-0.2, 0) is 28.8 Å². The van der Waals surface area contributed by atoms with Gasteiger partial charge in [0.25, 0.3) is 0 Å². The highest BCUT2D eigenvalue weighted by Crippen LogP contribution is 2.21. The van der Waals surface area contributed by atoms with Gasteiger partial charge in [0.15, 0.2) is 0 Å². The van der Waals surface area contributed by atoms with Crippen LogP contribution < -0.4 is 0 Å². The molecule has 12 nitrogen and oxygen atoms in total. The third-order valence-electron chi connectivity index (χ3n) is 10.9. The monoisotopic (exact) mass is 766 g/mol. The molecular formula is C42H75N3O9. The molecule has 0 aromatic carbocycles. The molecule has 3 unspecified atom stereocenters. The van der Waals surface area contributed by atoms with Crippen molar-refractivity contribution in [3.63, 3.8) is 0 Å². The quantitative estimate of drug-likeness (QED) is 0.0979. The average molecular weight is 766 g/mol. The van der Waals surface area contributed by atoms with E-state index < -0.39 is 17.9 Å². The summed E-state index contributed by atoms with van der Waals surface area (Å²) in [7, 11) is 0. The maximum absolute atomic E-state index is 12.0. The molecule has 3 aliphatic rings. The fourth-order valence-corrected chi connectivity index (χ4v) is 7.33. The van der Waals surface area contributed by atoms with E-state index in [1.807, 2.05) is 0 Å². The van der Waals surface area contributed by atoms with Gasteiger partial charge in [0.1, 0.15) is 0 Å². The zero-order chi connectivity index (χ0) is 40.1. The largest absolute Gasteiger partial charge is 0.481 e. The van der Waals surface area contributed by atoms with Gasteiger partial charge in [0, 0.05) is 58.5 Å². The summed E-state index contributed by atoms with van der Waals surface area (Å²) in [5, 5.41) is 26.9. The van der Waals surface area contributed by atoms with E-state index in [-0.39, 0.29) is 35.5 Å². The first kappa shape index (κ1) is 48.8. The number of unbranched alkanes of at least 4 members (excludes halogenated alkanes) is 12. The Balaban J connectivity index is 0.000000408. The number of carboxylic acids is 3. The molecule has 3 N–H and O–H groups in total. The van der Waals surface area contributed by atoms with Gasteiger partial charge in [-0.15, -0.1) is 0 Å². The van der Waals surface area contributed by atoms with Crippen molar-refractivity contribution in [1.29, 1.82) is 0 Å². The van der Waals surface area contributed by atoms with Gasteiger partial charge in [0.05, 0.1) is 17.8 Å². The van der Waals surface area contributed by atoms with E-state index in [1.165, 1.54) is 51.4 Å². The molecule has 0 aliphatic carbocycles. The molecule has 0 spiro atoms. The number of hydrogen-bond acceptors (Lipinski definition) is 6. The second-order valence-corrected chi connectivity index (χ2v) is 15.5. The number of carbonyl (C=O) groups excluding carboxylic acids is 3. The Kier molecular flexibility index (Phi) is 27.2. The summed E-state index contributed by atoms with van der Waals surface area (Å²) < 4.78 is 0. The Morgan fingerprint density at radius 1 is 0.407 bits per heavy atom. The van der Waals surface area contributed by atoms with E-state index >= 15 is 0 Å². The van der Waals surface area contributed by atoms with Crippen molar-refractivity contribution in [3.8, 4) is 0 Å². The molecule has 3 heterocycles. The van der Waals surface area contributed by atoms with Crippen molar-refractivity contribution < 1.29 is 44.1 Å². The molecule has 12 heteroatoms. The van der Waals surface area contributed by atoms with Crippen LogP contribution in [0.25, 0.3) is 0 Å². The van der Waals surface area contributed by atoms with Crippen molar-refractivity contribution in [3.05, 3.63) is 0 Å². The highest BCUT2D eigenvalue weighted by molar-refractivity contribution is 5.79. The maximum atomic E-state index is 12.0. The van der Waals surface area contributed by atoms with Crippen molar-refractivity contribution in [2.45, 2.75) is 175 Å². The lowest BCUT2D eigenvalue weighted by atomic mass is 9.98. The van der Waals surface area contributed by atoms with E-state index in [4.69, 9.17) is 15.3 Å². The summed E-state index contributed by atoms with van der Waals surface area (Å²) >= 11 is 0. The van der Waals surface area contributed by atoms with Crippen molar-refractivity contribution in [2.75, 3.05) is 39.3 Å². The van der Waals surface area contributed by atoms with Crippen molar-refractivity contribution in [2.24, 2.45) is 17.8 Å². The SMILES string of the molecule is CCCCCC(=O)N1CCCC(C(=O)O)C1.CCCCCCCC(=O)N1CCCC(C(=O)O)C1.CCCCCCCCCC(=O)N1CCCC(C(=O)O)C1. The van der Waals surface area contributed by atoms with Crippen LogP contribution in [0, 0.1) is 17.8 Å². The van der Waals surface area contributed by atoms with Crippen LogP contribution in [0.5, 0.6) is 0 Å². The topological polar surface area (TPSA) is 173 Å². The number of hydrogen-bond donors (Lipinski definition) is 3. The van der Waals surface area contributed by atoms with E-state index in [1.54, 1.807) is 14.7 Å². The van der Waals surface area contributed by atoms with Crippen LogP contribution in [0.3, 0.4) is 0 Å². The van der Waals surface area contributed by atoms with Crippen LogP contribution in [0.1, 0.15) is 175 Å². The lowest BCUT2D eigenvalue weighted by Gasteiger charge is -2.30. The van der Waals surface area contributed by atoms with Crippen LogP contribution in [-0.4, -0.2) is 105 Å². The first-order chi connectivity index (χ1) is 25.9. The first-order valence-electron chi connectivity index (χ1n) is 21.5. The normalized spacial score (nSPS) is 19.8. The fraction of sp³-hybridized carbons (Fsp3) is 0.857. The summed E-state index contributed by atoms with van der Waals surface area (Å²) in [6, 6.07) is 0. The summed E-state index contributed by atoms with van der Waals surface area (Å²) in [5.41, 5.74) is 0. The Bertz CT molecular complexity index is 1100. The number of aliphatic carboxylic acids is 3. The highest BCUT2D eigenvalue weighted by Gasteiger charge is 2.29. The molecule has 3 atom stereocenters. The molecule has 3 saturated heterocycles. The number of likely N-dealkylation sites (tertiary alicyclic amines) is 3. The molecule has 54 heavy (non-hydrogen) atoms. The number of nitrogens with zero attached hydrogens (tertiary/aromatic N) is 3. The van der Waals surface area contributed by atoms with Gasteiger partial charge in [-0.25, -0.2) is 0 Å². The third kappa shape index (κ3) is 21.6. The highest BCUT2D eigenvalue weighted by atomic mass is 16.4. The van der Waals surface area contributed by atoms with Gasteiger partial charge in [-0.1, -0.05) is 97.8 Å². The number of amides is 3. The first-order valence-corrected chi connectivity index (χ1v) is 21.5. The zero-order valence-corrected chi connectivity index (χ0v) is 34.1. The molecule has 0 aromatic heterocycles. The van der Waals surface area contributed by atoms with E-state index in [2.05, 4.69) is 20.8 Å². The Morgan fingerprint density at radius 3 is 0.926 bits per heavy atom. The molecule has 0 saturated carbocycles. The Hall–Kier alpha value is -3.18. The summed E-state index contributed by atoms with van der Waals surface area (Å²) in [4.78, 5) is 73.7. The molecule has 0 radical (unpaired) electrons. The Morgan fingerprint density at radius 2 is 0.648 bits per heavy atom. The van der Waals surface area contributed by atoms with Gasteiger partial charge in [-0.2, -0.15) is 0 Å². The maximum Gasteiger partial charge on any atom is 0.308 e. The molecule has 3 fully saturated rings. The van der Waals surface area contributed by atoms with E-state index in [9.17, 15) is 28.8 Å². The molecule has 312 valence electrons. The smallest absolute Gasteiger partial charge is 0.308 e. The second-order valence-electron chi connectivity index (χ2n) is 15.5. The zero-order valence-electron chi connectivity index (χ0n) is 34.1. The van der Waals surface area contributed by atoms with Crippen LogP contribution in [0.2, 0.25) is 0 Å². The van der Waals surface area contributed by atoms with Crippen molar-refractivity contribution in [1.82, 2.24) is 14.7 Å². The van der Waals surface area contributed by atoms with Gasteiger partial charge >= 0.3 is 17.9 Å². The van der Waals surface area contributed by atoms with Crippen molar-refractivity contribution >= 4 is 35.6 Å². The molecule has 3 amide bonds. The average Bonchev–Trinajstić information content (AvgIpc) is 3.18. The summed E-state index contributed by atoms with van der Waals surface area (Å²) in [6.45, 7) is 9.90. The number of carboxylic acid groups (broad SMARTS) is 3. The molecule has 3 aliphatic heterocycles. The van der Waals surface area contributed by atoms with Gasteiger partial charge in [0.2, 0.25) is 17.7 Å². The molecular weight excluding hydrogens is 690 g/mol. The minimum absolute atomic E-state index is 0.124. The number of carbonyl (C=O) groups is 6. The second kappa shape index (κ2) is 30.1. The lowest BCUT2D eigenvalue weighted by molar-refractivity contribution is -0.147. The molecule has 0 aromatic rings. The predicted molar refractivity (Wildman–Crippen MR) is 211 cm³/mol.